The molecule has 0 atom stereocenters. The van der Waals surface area contributed by atoms with Gasteiger partial charge in [0, 0.05) is 29.9 Å². The van der Waals surface area contributed by atoms with Gasteiger partial charge in [-0.1, -0.05) is 0 Å². The van der Waals surface area contributed by atoms with Crippen LogP contribution in [0.1, 0.15) is 0 Å². The van der Waals surface area contributed by atoms with Gasteiger partial charge < -0.3 is 20.4 Å². The lowest BCUT2D eigenvalue weighted by Crippen LogP contribution is -2.36. The topological polar surface area (TPSA) is 120 Å². The van der Waals surface area contributed by atoms with Crippen molar-refractivity contribution in [3.05, 3.63) is 36.0 Å². The van der Waals surface area contributed by atoms with Crippen LogP contribution in [0.3, 0.4) is 0 Å². The summed E-state index contributed by atoms with van der Waals surface area (Å²) in [5, 5.41) is 40.3. The molecular formula is C15H16N4O3S. The number of hydrogen-bond acceptors (Lipinski definition) is 7. The van der Waals surface area contributed by atoms with E-state index in [0.717, 1.165) is 16.7 Å². The number of aliphatic hydroxyl groups excluding tert-OH is 2. The van der Waals surface area contributed by atoms with E-state index in [4.69, 9.17) is 20.7 Å². The third kappa shape index (κ3) is 6.01. The van der Waals surface area contributed by atoms with Gasteiger partial charge >= 0.3 is 0 Å². The fourth-order valence-corrected chi connectivity index (χ4v) is 2.07. The van der Waals surface area contributed by atoms with E-state index in [2.05, 4.69) is 5.32 Å². The number of aliphatic hydroxyl groups is 2. The first kappa shape index (κ1) is 18.5. The number of nitriles is 2. The molecule has 0 heterocycles. The summed E-state index contributed by atoms with van der Waals surface area (Å²) in [4.78, 5) is 14.1. The number of anilines is 1. The smallest absolute Gasteiger partial charge is 0.266 e. The van der Waals surface area contributed by atoms with Crippen molar-refractivity contribution >= 4 is 23.4 Å². The minimum absolute atomic E-state index is 0.0402. The summed E-state index contributed by atoms with van der Waals surface area (Å²) in [5.74, 6) is -0.570. The average Bonchev–Trinajstić information content (AvgIpc) is 2.56. The van der Waals surface area contributed by atoms with Crippen molar-refractivity contribution in [3.8, 4) is 11.5 Å². The van der Waals surface area contributed by atoms with Crippen molar-refractivity contribution in [1.82, 2.24) is 4.90 Å². The van der Waals surface area contributed by atoms with Crippen molar-refractivity contribution in [3.63, 3.8) is 0 Å². The van der Waals surface area contributed by atoms with Crippen molar-refractivity contribution in [2.45, 2.75) is 4.90 Å². The van der Waals surface area contributed by atoms with Crippen LogP contribution in [0.15, 0.2) is 40.9 Å². The Kier molecular flexibility index (Phi) is 8.25. The zero-order valence-corrected chi connectivity index (χ0v) is 13.1. The molecule has 3 N–H and O–H groups in total. The summed E-state index contributed by atoms with van der Waals surface area (Å²) < 4.78 is 0. The molecular weight excluding hydrogens is 316 g/mol. The van der Waals surface area contributed by atoms with E-state index >= 15 is 0 Å². The van der Waals surface area contributed by atoms with E-state index in [1.54, 1.807) is 30.3 Å². The highest BCUT2D eigenvalue weighted by Gasteiger charge is 2.17. The van der Waals surface area contributed by atoms with E-state index in [0.29, 0.717) is 5.69 Å². The van der Waals surface area contributed by atoms with E-state index in [1.165, 1.54) is 11.1 Å². The molecule has 0 spiro atoms. The molecule has 7 nitrogen and oxygen atoms in total. The second kappa shape index (κ2) is 10.2. The maximum atomic E-state index is 12.1. The predicted molar refractivity (Wildman–Crippen MR) is 86.0 cm³/mol. The number of nitrogens with one attached hydrogen (secondary N) is 1. The first-order chi connectivity index (χ1) is 11.2. The zero-order chi connectivity index (χ0) is 17.1. The van der Waals surface area contributed by atoms with Gasteiger partial charge in [-0.2, -0.15) is 10.5 Å². The van der Waals surface area contributed by atoms with Crippen LogP contribution in [0.4, 0.5) is 5.69 Å². The number of rotatable bonds is 8. The number of thiocyanates is 1. The summed E-state index contributed by atoms with van der Waals surface area (Å²) in [5.41, 5.74) is 0.520. The van der Waals surface area contributed by atoms with Gasteiger partial charge in [-0.3, -0.25) is 4.79 Å². The molecule has 8 heteroatoms. The molecule has 0 aliphatic heterocycles. The van der Waals surface area contributed by atoms with Gasteiger partial charge in [-0.25, -0.2) is 0 Å². The number of amides is 1. The molecule has 0 aliphatic carbocycles. The highest BCUT2D eigenvalue weighted by atomic mass is 32.2. The molecule has 0 saturated carbocycles. The number of hydrogen-bond donors (Lipinski definition) is 3. The zero-order valence-electron chi connectivity index (χ0n) is 12.3. The van der Waals surface area contributed by atoms with Gasteiger partial charge in [0.2, 0.25) is 0 Å². The molecule has 120 valence electrons. The van der Waals surface area contributed by atoms with E-state index in [9.17, 15) is 4.79 Å². The summed E-state index contributed by atoms with van der Waals surface area (Å²) in [6.07, 6.45) is 1.27. The lowest BCUT2D eigenvalue weighted by molar-refractivity contribution is -0.127. The summed E-state index contributed by atoms with van der Waals surface area (Å²) in [6.45, 7) is -0.428. The Morgan fingerprint density at radius 1 is 1.22 bits per heavy atom. The molecule has 1 rings (SSSR count). The van der Waals surface area contributed by atoms with Gasteiger partial charge in [0.15, 0.2) is 0 Å². The average molecular weight is 332 g/mol. The molecule has 1 amide bonds. The Morgan fingerprint density at radius 3 is 2.30 bits per heavy atom. The number of nitrogens with zero attached hydrogens (tertiary/aromatic N) is 3. The van der Waals surface area contributed by atoms with Crippen LogP contribution in [-0.2, 0) is 4.79 Å². The van der Waals surface area contributed by atoms with Crippen molar-refractivity contribution in [2.75, 3.05) is 31.6 Å². The minimum atomic E-state index is -0.570. The predicted octanol–water partition coefficient (Wildman–Crippen LogP) is 0.892. The molecule has 0 saturated heterocycles. The van der Waals surface area contributed by atoms with Crippen LogP contribution in [0.2, 0.25) is 0 Å². The summed E-state index contributed by atoms with van der Waals surface area (Å²) in [7, 11) is 0. The first-order valence-corrected chi connectivity index (χ1v) is 7.51. The van der Waals surface area contributed by atoms with Crippen LogP contribution in [0, 0.1) is 22.0 Å². The van der Waals surface area contributed by atoms with Gasteiger partial charge in [0.1, 0.15) is 17.0 Å². The van der Waals surface area contributed by atoms with Crippen molar-refractivity contribution in [2.24, 2.45) is 0 Å². The van der Waals surface area contributed by atoms with Crippen molar-refractivity contribution in [1.29, 1.82) is 10.5 Å². The molecule has 1 aromatic carbocycles. The third-order valence-corrected chi connectivity index (χ3v) is 3.38. The quantitative estimate of drug-likeness (QED) is 0.280. The normalized spacial score (nSPS) is 10.5. The van der Waals surface area contributed by atoms with E-state index in [-0.39, 0.29) is 31.9 Å². The monoisotopic (exact) mass is 332 g/mol. The molecule has 0 bridgehead atoms. The Hall–Kier alpha value is -2.52. The van der Waals surface area contributed by atoms with Crippen LogP contribution < -0.4 is 5.32 Å². The molecule has 0 fully saturated rings. The second-order valence-electron chi connectivity index (χ2n) is 4.27. The van der Waals surface area contributed by atoms with Gasteiger partial charge in [-0.05, 0) is 36.0 Å². The lowest BCUT2D eigenvalue weighted by Gasteiger charge is -2.20. The highest BCUT2D eigenvalue weighted by molar-refractivity contribution is 8.03. The van der Waals surface area contributed by atoms with Gasteiger partial charge in [-0.15, -0.1) is 0 Å². The van der Waals surface area contributed by atoms with E-state index in [1.807, 2.05) is 5.40 Å². The maximum absolute atomic E-state index is 12.1. The Bertz CT molecular complexity index is 626. The molecule has 0 radical (unpaired) electrons. The molecule has 0 aromatic heterocycles. The summed E-state index contributed by atoms with van der Waals surface area (Å²) in [6, 6.07) is 8.71. The Balaban J connectivity index is 2.80. The van der Waals surface area contributed by atoms with Crippen LogP contribution >= 0.6 is 11.8 Å². The first-order valence-electron chi connectivity index (χ1n) is 6.70. The van der Waals surface area contributed by atoms with Gasteiger partial charge in [0.25, 0.3) is 5.91 Å². The van der Waals surface area contributed by atoms with Crippen LogP contribution in [0.5, 0.6) is 0 Å². The fraction of sp³-hybridized carbons (Fsp3) is 0.267. The standard InChI is InChI=1S/C15H16N4O3S/c16-9-12(15(22)19(5-7-20)6-8-21)10-18-13-1-3-14(4-2-13)23-11-17/h1-4,10,18,20-21H,5-8H2/b12-10-. The minimum Gasteiger partial charge on any atom is -0.395 e. The van der Waals surface area contributed by atoms with Crippen LogP contribution in [0.25, 0.3) is 0 Å². The SMILES string of the molecule is N#CSc1ccc(N/C=C(/C#N)C(=O)N(CCO)CCO)cc1. The number of carbonyl (C=O) groups is 1. The second-order valence-corrected chi connectivity index (χ2v) is 5.13. The molecule has 0 aliphatic rings. The maximum Gasteiger partial charge on any atom is 0.266 e. The fourth-order valence-electron chi connectivity index (χ4n) is 1.70. The molecule has 23 heavy (non-hydrogen) atoms. The summed E-state index contributed by atoms with van der Waals surface area (Å²) >= 11 is 1.03. The molecule has 1 aromatic rings. The Labute approximate surface area is 138 Å². The number of carbonyl (C=O) groups excluding carboxylic acids is 1. The highest BCUT2D eigenvalue weighted by Crippen LogP contribution is 2.19. The Morgan fingerprint density at radius 2 is 1.83 bits per heavy atom. The van der Waals surface area contributed by atoms with Gasteiger partial charge in [0.05, 0.1) is 13.2 Å². The number of benzene rings is 1. The largest absolute Gasteiger partial charge is 0.395 e. The molecule has 0 unspecified atom stereocenters. The lowest BCUT2D eigenvalue weighted by atomic mass is 10.2. The van der Waals surface area contributed by atoms with E-state index < -0.39 is 5.91 Å². The number of thioether (sulfide) groups is 1. The van der Waals surface area contributed by atoms with Crippen molar-refractivity contribution < 1.29 is 15.0 Å². The third-order valence-electron chi connectivity index (χ3n) is 2.78. The van der Waals surface area contributed by atoms with Crippen LogP contribution in [-0.4, -0.2) is 47.3 Å².